The normalized spacial score (nSPS) is 15.9. The van der Waals surface area contributed by atoms with Crippen LogP contribution in [0.1, 0.15) is 31.4 Å². The Morgan fingerprint density at radius 3 is 2.50 bits per heavy atom. The second kappa shape index (κ2) is 5.29. The Morgan fingerprint density at radius 2 is 1.94 bits per heavy atom. The van der Waals surface area contributed by atoms with Crippen molar-refractivity contribution in [2.24, 2.45) is 5.92 Å². The largest absolute Gasteiger partial charge is 0.493 e. The zero-order chi connectivity index (χ0) is 13.1. The molecule has 1 fully saturated rings. The number of hydrogen-bond acceptors (Lipinski definition) is 3. The molecule has 1 saturated carbocycles. The summed E-state index contributed by atoms with van der Waals surface area (Å²) in [5, 5.41) is 3.01. The van der Waals surface area contributed by atoms with Gasteiger partial charge in [0.15, 0.2) is 11.5 Å². The molecule has 1 N–H and O–H groups in total. The van der Waals surface area contributed by atoms with Crippen molar-refractivity contribution in [3.05, 3.63) is 23.8 Å². The minimum atomic E-state index is -0.0158. The number of carbonyl (C=O) groups excluding carboxylic acids is 1. The molecule has 4 nitrogen and oxygen atoms in total. The molecule has 1 amide bonds. The van der Waals surface area contributed by atoms with Crippen LogP contribution < -0.4 is 14.8 Å². The van der Waals surface area contributed by atoms with Crippen LogP contribution in [0.4, 0.5) is 0 Å². The third-order valence-corrected chi connectivity index (χ3v) is 3.21. The van der Waals surface area contributed by atoms with Gasteiger partial charge in [0.2, 0.25) is 5.91 Å². The smallest absolute Gasteiger partial charge is 0.223 e. The molecule has 1 aliphatic carbocycles. The van der Waals surface area contributed by atoms with Gasteiger partial charge in [-0.15, -0.1) is 0 Å². The first-order valence-electron chi connectivity index (χ1n) is 6.18. The van der Waals surface area contributed by atoms with Crippen molar-refractivity contribution in [2.45, 2.75) is 25.8 Å². The predicted octanol–water partition coefficient (Wildman–Crippen LogP) is 2.29. The summed E-state index contributed by atoms with van der Waals surface area (Å²) >= 11 is 0. The highest BCUT2D eigenvalue weighted by Gasteiger charge is 2.30. The van der Waals surface area contributed by atoms with Gasteiger partial charge < -0.3 is 14.8 Å². The number of carbonyl (C=O) groups is 1. The molecule has 0 bridgehead atoms. The number of methoxy groups -OCH3 is 2. The lowest BCUT2D eigenvalue weighted by molar-refractivity contribution is -0.122. The maximum absolute atomic E-state index is 11.7. The van der Waals surface area contributed by atoms with E-state index < -0.39 is 0 Å². The monoisotopic (exact) mass is 249 g/mol. The van der Waals surface area contributed by atoms with Crippen molar-refractivity contribution in [3.63, 3.8) is 0 Å². The average molecular weight is 249 g/mol. The Morgan fingerprint density at radius 1 is 1.28 bits per heavy atom. The topological polar surface area (TPSA) is 47.6 Å². The highest BCUT2D eigenvalue weighted by atomic mass is 16.5. The highest BCUT2D eigenvalue weighted by molar-refractivity contribution is 5.81. The van der Waals surface area contributed by atoms with E-state index >= 15 is 0 Å². The standard InChI is InChI=1S/C14H19NO3/c1-9(15-14(16)10-4-5-10)11-6-7-12(17-2)13(8-11)18-3/h6-10H,4-5H2,1-3H3,(H,15,16)/t9-/m1/s1. The van der Waals surface area contributed by atoms with Crippen LogP contribution in [0.3, 0.4) is 0 Å². The van der Waals surface area contributed by atoms with E-state index in [1.54, 1.807) is 14.2 Å². The maximum Gasteiger partial charge on any atom is 0.223 e. The van der Waals surface area contributed by atoms with Gasteiger partial charge in [-0.1, -0.05) is 6.07 Å². The van der Waals surface area contributed by atoms with E-state index in [4.69, 9.17) is 9.47 Å². The van der Waals surface area contributed by atoms with Crippen molar-refractivity contribution in [1.29, 1.82) is 0 Å². The van der Waals surface area contributed by atoms with Gasteiger partial charge in [-0.25, -0.2) is 0 Å². The third-order valence-electron chi connectivity index (χ3n) is 3.21. The molecule has 1 atom stereocenters. The van der Waals surface area contributed by atoms with E-state index in [0.29, 0.717) is 11.5 Å². The van der Waals surface area contributed by atoms with E-state index in [0.717, 1.165) is 18.4 Å². The molecule has 2 rings (SSSR count). The van der Waals surface area contributed by atoms with E-state index in [1.807, 2.05) is 25.1 Å². The number of hydrogen-bond donors (Lipinski definition) is 1. The molecule has 4 heteroatoms. The van der Waals surface area contributed by atoms with Crippen molar-refractivity contribution < 1.29 is 14.3 Å². The van der Waals surface area contributed by atoms with Crippen molar-refractivity contribution in [2.75, 3.05) is 14.2 Å². The minimum absolute atomic E-state index is 0.0158. The lowest BCUT2D eigenvalue weighted by atomic mass is 10.1. The molecule has 0 radical (unpaired) electrons. The molecule has 0 saturated heterocycles. The predicted molar refractivity (Wildman–Crippen MR) is 68.8 cm³/mol. The molecule has 0 spiro atoms. The summed E-state index contributed by atoms with van der Waals surface area (Å²) in [4.78, 5) is 11.7. The lowest BCUT2D eigenvalue weighted by Crippen LogP contribution is -2.27. The molecule has 1 aromatic rings. The molecule has 98 valence electrons. The second-order valence-corrected chi connectivity index (χ2v) is 4.62. The van der Waals surface area contributed by atoms with Gasteiger partial charge in [0.05, 0.1) is 20.3 Å². The summed E-state index contributed by atoms with van der Waals surface area (Å²) in [6.07, 6.45) is 2.04. The number of nitrogens with one attached hydrogen (secondary N) is 1. The van der Waals surface area contributed by atoms with Gasteiger partial charge in [-0.3, -0.25) is 4.79 Å². The van der Waals surface area contributed by atoms with Crippen LogP contribution in [0, 0.1) is 5.92 Å². The van der Waals surface area contributed by atoms with Crippen LogP contribution in [0.25, 0.3) is 0 Å². The van der Waals surface area contributed by atoms with Crippen LogP contribution >= 0.6 is 0 Å². The van der Waals surface area contributed by atoms with Crippen molar-refractivity contribution in [3.8, 4) is 11.5 Å². The fourth-order valence-electron chi connectivity index (χ4n) is 1.88. The van der Waals surface area contributed by atoms with Crippen LogP contribution in [-0.4, -0.2) is 20.1 Å². The van der Waals surface area contributed by atoms with E-state index in [1.165, 1.54) is 0 Å². The Labute approximate surface area is 107 Å². The van der Waals surface area contributed by atoms with Crippen LogP contribution in [0.15, 0.2) is 18.2 Å². The van der Waals surface area contributed by atoms with Crippen molar-refractivity contribution in [1.82, 2.24) is 5.32 Å². The molecule has 18 heavy (non-hydrogen) atoms. The first-order chi connectivity index (χ1) is 8.65. The highest BCUT2D eigenvalue weighted by Crippen LogP contribution is 2.32. The summed E-state index contributed by atoms with van der Waals surface area (Å²) in [6.45, 7) is 1.97. The van der Waals surface area contributed by atoms with E-state index in [-0.39, 0.29) is 17.9 Å². The molecule has 0 aromatic heterocycles. The Hall–Kier alpha value is -1.71. The van der Waals surface area contributed by atoms with Crippen LogP contribution in [0.5, 0.6) is 11.5 Å². The van der Waals surface area contributed by atoms with Gasteiger partial charge in [0.25, 0.3) is 0 Å². The Bertz CT molecular complexity index is 441. The second-order valence-electron chi connectivity index (χ2n) is 4.62. The van der Waals surface area contributed by atoms with Gasteiger partial charge in [-0.05, 0) is 37.5 Å². The fraction of sp³-hybridized carbons (Fsp3) is 0.500. The van der Waals surface area contributed by atoms with Crippen LogP contribution in [0.2, 0.25) is 0 Å². The zero-order valence-corrected chi connectivity index (χ0v) is 11.0. The molecular formula is C14H19NO3. The molecule has 1 aliphatic rings. The fourth-order valence-corrected chi connectivity index (χ4v) is 1.88. The van der Waals surface area contributed by atoms with Gasteiger partial charge >= 0.3 is 0 Å². The number of rotatable bonds is 5. The number of ether oxygens (including phenoxy) is 2. The maximum atomic E-state index is 11.7. The summed E-state index contributed by atoms with van der Waals surface area (Å²) in [7, 11) is 3.21. The minimum Gasteiger partial charge on any atom is -0.493 e. The molecule has 0 aliphatic heterocycles. The van der Waals surface area contributed by atoms with Gasteiger partial charge in [-0.2, -0.15) is 0 Å². The molecule has 1 aromatic carbocycles. The quantitative estimate of drug-likeness (QED) is 0.871. The molecular weight excluding hydrogens is 230 g/mol. The lowest BCUT2D eigenvalue weighted by Gasteiger charge is -2.16. The number of amides is 1. The van der Waals surface area contributed by atoms with Crippen molar-refractivity contribution >= 4 is 5.91 Å². The Kier molecular flexibility index (Phi) is 3.75. The Balaban J connectivity index is 2.09. The number of benzene rings is 1. The van der Waals surface area contributed by atoms with E-state index in [9.17, 15) is 4.79 Å². The zero-order valence-electron chi connectivity index (χ0n) is 11.0. The molecule has 0 unspecified atom stereocenters. The first-order valence-corrected chi connectivity index (χ1v) is 6.18. The van der Waals surface area contributed by atoms with Crippen LogP contribution in [-0.2, 0) is 4.79 Å². The van der Waals surface area contributed by atoms with Gasteiger partial charge in [0, 0.05) is 5.92 Å². The SMILES string of the molecule is COc1ccc([C@@H](C)NC(=O)C2CC2)cc1OC. The summed E-state index contributed by atoms with van der Waals surface area (Å²) in [5.41, 5.74) is 1.02. The first kappa shape index (κ1) is 12.7. The van der Waals surface area contributed by atoms with Gasteiger partial charge in [0.1, 0.15) is 0 Å². The van der Waals surface area contributed by atoms with E-state index in [2.05, 4.69) is 5.32 Å². The molecule has 0 heterocycles. The summed E-state index contributed by atoms with van der Waals surface area (Å²) in [5.74, 6) is 1.76. The third kappa shape index (κ3) is 2.75. The summed E-state index contributed by atoms with van der Waals surface area (Å²) in [6, 6.07) is 5.68. The summed E-state index contributed by atoms with van der Waals surface area (Å²) < 4.78 is 10.4. The average Bonchev–Trinajstić information content (AvgIpc) is 3.22.